The molecule has 2 aromatic heterocycles. The highest BCUT2D eigenvalue weighted by molar-refractivity contribution is 14.1. The van der Waals surface area contributed by atoms with Crippen LogP contribution in [-0.4, -0.2) is 21.3 Å². The third-order valence-electron chi connectivity index (χ3n) is 3.10. The van der Waals surface area contributed by atoms with Gasteiger partial charge < -0.3 is 5.32 Å². The number of pyridine rings is 1. The quantitative estimate of drug-likeness (QED) is 0.726. The molecule has 0 aliphatic carbocycles. The third-order valence-corrected chi connectivity index (χ3v) is 3.66. The van der Waals surface area contributed by atoms with Crippen molar-refractivity contribution in [1.29, 1.82) is 0 Å². The van der Waals surface area contributed by atoms with Crippen molar-refractivity contribution in [3.05, 3.63) is 39.4 Å². The standard InChI is InChI=1S/C16H23IN4/c1-4-5-15-6-13(9-18-8-12(2)3)7-16(20-15)21-11-14(17)10-19-21/h6-7,10-12,18H,4-5,8-9H2,1-3H3. The first-order valence-electron chi connectivity index (χ1n) is 7.49. The molecular weight excluding hydrogens is 375 g/mol. The number of hydrogen-bond donors (Lipinski definition) is 1. The number of aromatic nitrogens is 3. The van der Waals surface area contributed by atoms with E-state index in [0.29, 0.717) is 5.92 Å². The zero-order chi connectivity index (χ0) is 15.2. The molecule has 0 unspecified atom stereocenters. The van der Waals surface area contributed by atoms with E-state index in [-0.39, 0.29) is 0 Å². The normalized spacial score (nSPS) is 11.3. The van der Waals surface area contributed by atoms with E-state index in [4.69, 9.17) is 4.98 Å². The lowest BCUT2D eigenvalue weighted by Crippen LogP contribution is -2.19. The molecule has 1 N–H and O–H groups in total. The van der Waals surface area contributed by atoms with Crippen LogP contribution in [-0.2, 0) is 13.0 Å². The van der Waals surface area contributed by atoms with Gasteiger partial charge in [0.25, 0.3) is 0 Å². The fourth-order valence-electron chi connectivity index (χ4n) is 2.17. The summed E-state index contributed by atoms with van der Waals surface area (Å²) in [6, 6.07) is 4.32. The Morgan fingerprint density at radius 1 is 1.33 bits per heavy atom. The number of nitrogens with zero attached hydrogens (tertiary/aromatic N) is 3. The molecule has 0 amide bonds. The lowest BCUT2D eigenvalue weighted by molar-refractivity contribution is 0.551. The summed E-state index contributed by atoms with van der Waals surface area (Å²) in [5, 5.41) is 7.86. The topological polar surface area (TPSA) is 42.7 Å². The highest BCUT2D eigenvalue weighted by atomic mass is 127. The zero-order valence-corrected chi connectivity index (χ0v) is 15.1. The van der Waals surface area contributed by atoms with Crippen molar-refractivity contribution in [1.82, 2.24) is 20.1 Å². The Balaban J connectivity index is 2.21. The Morgan fingerprint density at radius 2 is 2.14 bits per heavy atom. The first-order chi connectivity index (χ1) is 10.1. The van der Waals surface area contributed by atoms with E-state index < -0.39 is 0 Å². The second-order valence-corrected chi connectivity index (χ2v) is 6.95. The smallest absolute Gasteiger partial charge is 0.153 e. The monoisotopic (exact) mass is 398 g/mol. The van der Waals surface area contributed by atoms with Crippen molar-refractivity contribution < 1.29 is 0 Å². The van der Waals surface area contributed by atoms with Crippen molar-refractivity contribution in [2.75, 3.05) is 6.54 Å². The van der Waals surface area contributed by atoms with Crippen molar-refractivity contribution in [2.45, 2.75) is 40.2 Å². The summed E-state index contributed by atoms with van der Waals surface area (Å²) in [6.45, 7) is 8.53. The molecule has 0 radical (unpaired) electrons. The molecule has 21 heavy (non-hydrogen) atoms. The van der Waals surface area contributed by atoms with Crippen LogP contribution in [0.5, 0.6) is 0 Å². The molecule has 114 valence electrons. The van der Waals surface area contributed by atoms with Gasteiger partial charge in [0.1, 0.15) is 0 Å². The average Bonchev–Trinajstić information content (AvgIpc) is 2.85. The molecule has 0 bridgehead atoms. The molecule has 0 saturated heterocycles. The predicted octanol–water partition coefficient (Wildman–Crippen LogP) is 3.57. The van der Waals surface area contributed by atoms with Gasteiger partial charge in [-0.2, -0.15) is 5.10 Å². The second-order valence-electron chi connectivity index (χ2n) is 5.70. The number of nitrogens with one attached hydrogen (secondary N) is 1. The van der Waals surface area contributed by atoms with E-state index in [0.717, 1.165) is 41.0 Å². The number of halogens is 1. The SMILES string of the molecule is CCCc1cc(CNCC(C)C)cc(-n2cc(I)cn2)n1. The summed E-state index contributed by atoms with van der Waals surface area (Å²) < 4.78 is 2.97. The van der Waals surface area contributed by atoms with E-state index >= 15 is 0 Å². The minimum Gasteiger partial charge on any atom is -0.312 e. The van der Waals surface area contributed by atoms with Crippen LogP contribution in [0.15, 0.2) is 24.5 Å². The molecule has 0 atom stereocenters. The van der Waals surface area contributed by atoms with Crippen LogP contribution in [0.2, 0.25) is 0 Å². The van der Waals surface area contributed by atoms with E-state index in [1.165, 1.54) is 5.56 Å². The van der Waals surface area contributed by atoms with Gasteiger partial charge in [-0.3, -0.25) is 0 Å². The van der Waals surface area contributed by atoms with Gasteiger partial charge in [-0.1, -0.05) is 27.2 Å². The van der Waals surface area contributed by atoms with Gasteiger partial charge in [0, 0.05) is 18.4 Å². The molecule has 2 rings (SSSR count). The van der Waals surface area contributed by atoms with Gasteiger partial charge in [-0.05, 0) is 59.2 Å². The van der Waals surface area contributed by atoms with Crippen LogP contribution in [0.3, 0.4) is 0 Å². The van der Waals surface area contributed by atoms with E-state index in [1.54, 1.807) is 0 Å². The van der Waals surface area contributed by atoms with E-state index in [9.17, 15) is 0 Å². The highest BCUT2D eigenvalue weighted by Gasteiger charge is 2.06. The maximum absolute atomic E-state index is 4.72. The Labute approximate surface area is 140 Å². The van der Waals surface area contributed by atoms with Gasteiger partial charge >= 0.3 is 0 Å². The molecule has 0 aliphatic heterocycles. The summed E-state index contributed by atoms with van der Waals surface area (Å²) in [6.07, 6.45) is 5.96. The highest BCUT2D eigenvalue weighted by Crippen LogP contribution is 2.13. The fraction of sp³-hybridized carbons (Fsp3) is 0.500. The molecule has 2 aromatic rings. The van der Waals surface area contributed by atoms with Crippen LogP contribution in [0.25, 0.3) is 5.82 Å². The second kappa shape index (κ2) is 7.89. The Bertz CT molecular complexity index is 577. The van der Waals surface area contributed by atoms with Crippen LogP contribution in [0.4, 0.5) is 0 Å². The molecular formula is C16H23IN4. The van der Waals surface area contributed by atoms with Crippen LogP contribution < -0.4 is 5.32 Å². The van der Waals surface area contributed by atoms with Gasteiger partial charge in [0.2, 0.25) is 0 Å². The molecule has 0 aromatic carbocycles. The van der Waals surface area contributed by atoms with Crippen LogP contribution >= 0.6 is 22.6 Å². The van der Waals surface area contributed by atoms with Crippen molar-refractivity contribution in [3.63, 3.8) is 0 Å². The minimum absolute atomic E-state index is 0.661. The van der Waals surface area contributed by atoms with Gasteiger partial charge in [-0.15, -0.1) is 0 Å². The summed E-state index contributed by atoms with van der Waals surface area (Å²) in [5.41, 5.74) is 2.41. The van der Waals surface area contributed by atoms with Crippen LogP contribution in [0, 0.1) is 9.49 Å². The molecule has 0 fully saturated rings. The zero-order valence-electron chi connectivity index (χ0n) is 12.9. The lowest BCUT2D eigenvalue weighted by Gasteiger charge is -2.11. The maximum atomic E-state index is 4.72. The van der Waals surface area contributed by atoms with Gasteiger partial charge in [0.15, 0.2) is 5.82 Å². The minimum atomic E-state index is 0.661. The summed E-state index contributed by atoms with van der Waals surface area (Å²) >= 11 is 2.27. The van der Waals surface area contributed by atoms with Crippen molar-refractivity contribution >= 4 is 22.6 Å². The molecule has 0 aliphatic rings. The summed E-state index contributed by atoms with van der Waals surface area (Å²) in [7, 11) is 0. The first kappa shape index (κ1) is 16.4. The van der Waals surface area contributed by atoms with Crippen molar-refractivity contribution in [3.8, 4) is 5.82 Å². The van der Waals surface area contributed by atoms with E-state index in [2.05, 4.69) is 65.9 Å². The van der Waals surface area contributed by atoms with Gasteiger partial charge in [0.05, 0.1) is 9.77 Å². The number of rotatable bonds is 7. The third kappa shape index (κ3) is 5.07. The molecule has 0 spiro atoms. The number of hydrogen-bond acceptors (Lipinski definition) is 3. The molecule has 0 saturated carbocycles. The Kier molecular flexibility index (Phi) is 6.17. The van der Waals surface area contributed by atoms with E-state index in [1.807, 2.05) is 17.1 Å². The fourth-order valence-corrected chi connectivity index (χ4v) is 2.56. The lowest BCUT2D eigenvalue weighted by atomic mass is 10.1. The molecule has 2 heterocycles. The van der Waals surface area contributed by atoms with Crippen molar-refractivity contribution in [2.24, 2.45) is 5.92 Å². The maximum Gasteiger partial charge on any atom is 0.153 e. The summed E-state index contributed by atoms with van der Waals surface area (Å²) in [4.78, 5) is 4.72. The number of aryl methyl sites for hydroxylation is 1. The summed E-state index contributed by atoms with van der Waals surface area (Å²) in [5.74, 6) is 1.57. The molecule has 4 nitrogen and oxygen atoms in total. The predicted molar refractivity (Wildman–Crippen MR) is 94.6 cm³/mol. The van der Waals surface area contributed by atoms with Crippen LogP contribution in [0.1, 0.15) is 38.4 Å². The Morgan fingerprint density at radius 3 is 2.76 bits per heavy atom. The largest absolute Gasteiger partial charge is 0.312 e. The average molecular weight is 398 g/mol. The van der Waals surface area contributed by atoms with Gasteiger partial charge in [-0.25, -0.2) is 9.67 Å². The Hall–Kier alpha value is -0.950. The molecule has 5 heteroatoms. The first-order valence-corrected chi connectivity index (χ1v) is 8.57.